The number of ether oxygens (including phenoxy) is 2. The van der Waals surface area contributed by atoms with Crippen LogP contribution in [0, 0.1) is 0 Å². The third kappa shape index (κ3) is 7.93. The van der Waals surface area contributed by atoms with Gasteiger partial charge in [0.2, 0.25) is 0 Å². The summed E-state index contributed by atoms with van der Waals surface area (Å²) >= 11 is 10.9. The molecule has 0 fully saturated rings. The highest BCUT2D eigenvalue weighted by molar-refractivity contribution is 7.81. The minimum absolute atomic E-state index is 0.528. The number of nitrogens with one attached hydrogen (secondary N) is 4. The Hall–Kier alpha value is -4.14. The zero-order chi connectivity index (χ0) is 26.0. The van der Waals surface area contributed by atoms with E-state index in [1.54, 1.807) is 14.2 Å². The molecule has 0 spiro atoms. The van der Waals surface area contributed by atoms with E-state index in [2.05, 4.69) is 45.5 Å². The first-order valence-corrected chi connectivity index (χ1v) is 12.4. The van der Waals surface area contributed by atoms with E-state index in [1.807, 2.05) is 72.8 Å². The molecule has 0 bridgehead atoms. The van der Waals surface area contributed by atoms with Crippen LogP contribution in [0.1, 0.15) is 11.1 Å². The van der Waals surface area contributed by atoms with Gasteiger partial charge in [-0.1, -0.05) is 24.3 Å². The van der Waals surface area contributed by atoms with Crippen LogP contribution in [0.5, 0.6) is 11.5 Å². The van der Waals surface area contributed by atoms with Crippen molar-refractivity contribution in [3.63, 3.8) is 0 Å². The Morgan fingerprint density at radius 1 is 0.486 bits per heavy atom. The summed E-state index contributed by atoms with van der Waals surface area (Å²) in [6, 6.07) is 31.7. The van der Waals surface area contributed by atoms with Gasteiger partial charge in [-0.25, -0.2) is 0 Å². The highest BCUT2D eigenvalue weighted by Gasteiger charge is 2.03. The third-order valence-electron chi connectivity index (χ3n) is 5.53. The van der Waals surface area contributed by atoms with Crippen molar-refractivity contribution < 1.29 is 9.47 Å². The van der Waals surface area contributed by atoms with Crippen LogP contribution >= 0.6 is 24.4 Å². The van der Waals surface area contributed by atoms with Gasteiger partial charge in [0.05, 0.1) is 14.2 Å². The van der Waals surface area contributed by atoms with Crippen molar-refractivity contribution in [3.8, 4) is 11.5 Å². The molecule has 0 amide bonds. The first-order valence-electron chi connectivity index (χ1n) is 11.6. The maximum absolute atomic E-state index is 5.43. The summed E-state index contributed by atoms with van der Waals surface area (Å²) in [7, 11) is 3.29. The Kier molecular flexibility index (Phi) is 8.91. The normalized spacial score (nSPS) is 10.2. The van der Waals surface area contributed by atoms with Crippen molar-refractivity contribution in [2.24, 2.45) is 0 Å². The van der Waals surface area contributed by atoms with Gasteiger partial charge in [-0.05, 0) is 115 Å². The lowest BCUT2D eigenvalue weighted by Crippen LogP contribution is -2.19. The smallest absolute Gasteiger partial charge is 0.175 e. The molecule has 0 aromatic heterocycles. The fourth-order valence-electron chi connectivity index (χ4n) is 3.58. The molecule has 0 aliphatic heterocycles. The highest BCUT2D eigenvalue weighted by Crippen LogP contribution is 2.19. The third-order valence-corrected chi connectivity index (χ3v) is 5.94. The molecular formula is C29H28N4O2S2. The van der Waals surface area contributed by atoms with Crippen molar-refractivity contribution in [2.75, 3.05) is 35.5 Å². The average Bonchev–Trinajstić information content (AvgIpc) is 2.92. The van der Waals surface area contributed by atoms with E-state index in [0.717, 1.165) is 40.7 Å². The topological polar surface area (TPSA) is 66.6 Å². The molecule has 4 rings (SSSR count). The molecule has 0 radical (unpaired) electrons. The minimum atomic E-state index is 0.528. The predicted octanol–water partition coefficient (Wildman–Crippen LogP) is 6.91. The van der Waals surface area contributed by atoms with Crippen LogP contribution in [0.2, 0.25) is 0 Å². The number of anilines is 4. The summed E-state index contributed by atoms with van der Waals surface area (Å²) in [6.07, 6.45) is 0.823. The first kappa shape index (κ1) is 25.9. The molecule has 6 nitrogen and oxygen atoms in total. The van der Waals surface area contributed by atoms with E-state index in [0.29, 0.717) is 10.2 Å². The second kappa shape index (κ2) is 12.7. The Balaban J connectivity index is 1.25. The Morgan fingerprint density at radius 2 is 0.757 bits per heavy atom. The van der Waals surface area contributed by atoms with Crippen LogP contribution in [0.25, 0.3) is 0 Å². The summed E-state index contributed by atoms with van der Waals surface area (Å²) in [5.41, 5.74) is 6.04. The van der Waals surface area contributed by atoms with Gasteiger partial charge >= 0.3 is 0 Å². The largest absolute Gasteiger partial charge is 0.497 e. The van der Waals surface area contributed by atoms with Crippen molar-refractivity contribution in [1.82, 2.24) is 0 Å². The van der Waals surface area contributed by atoms with Gasteiger partial charge in [0.15, 0.2) is 10.2 Å². The summed E-state index contributed by atoms with van der Waals surface area (Å²) in [4.78, 5) is 0. The number of benzene rings is 4. The predicted molar refractivity (Wildman–Crippen MR) is 161 cm³/mol. The Bertz CT molecular complexity index is 1220. The highest BCUT2D eigenvalue weighted by atomic mass is 32.1. The second-order valence-electron chi connectivity index (χ2n) is 8.19. The maximum Gasteiger partial charge on any atom is 0.175 e. The van der Waals surface area contributed by atoms with Crippen LogP contribution in [0.15, 0.2) is 97.1 Å². The van der Waals surface area contributed by atoms with E-state index in [4.69, 9.17) is 33.9 Å². The number of rotatable bonds is 8. The molecule has 0 aliphatic rings. The summed E-state index contributed by atoms with van der Waals surface area (Å²) in [5, 5.41) is 13.8. The second-order valence-corrected chi connectivity index (χ2v) is 9.00. The molecule has 0 unspecified atom stereocenters. The van der Waals surface area contributed by atoms with E-state index >= 15 is 0 Å². The Labute approximate surface area is 228 Å². The average molecular weight is 529 g/mol. The molecule has 0 heterocycles. The Morgan fingerprint density at radius 3 is 1.03 bits per heavy atom. The summed E-state index contributed by atoms with van der Waals surface area (Å²) in [6.45, 7) is 0. The number of hydrogen-bond donors (Lipinski definition) is 4. The minimum Gasteiger partial charge on any atom is -0.497 e. The zero-order valence-corrected chi connectivity index (χ0v) is 22.2. The number of thiocarbonyl (C=S) groups is 2. The molecule has 4 aromatic carbocycles. The van der Waals surface area contributed by atoms with Crippen LogP contribution in [-0.4, -0.2) is 24.4 Å². The van der Waals surface area contributed by atoms with Crippen LogP contribution in [0.4, 0.5) is 22.7 Å². The quantitative estimate of drug-likeness (QED) is 0.184. The monoisotopic (exact) mass is 528 g/mol. The first-order chi connectivity index (χ1) is 18.0. The van der Waals surface area contributed by atoms with E-state index in [9.17, 15) is 0 Å². The van der Waals surface area contributed by atoms with Crippen molar-refractivity contribution >= 4 is 57.4 Å². The zero-order valence-electron chi connectivity index (χ0n) is 20.6. The van der Waals surface area contributed by atoms with Crippen LogP contribution in [-0.2, 0) is 6.42 Å². The van der Waals surface area contributed by atoms with Crippen molar-refractivity contribution in [1.29, 1.82) is 0 Å². The van der Waals surface area contributed by atoms with Gasteiger partial charge in [-0.3, -0.25) is 0 Å². The lowest BCUT2D eigenvalue weighted by atomic mass is 10.0. The molecule has 0 aliphatic carbocycles. The molecule has 4 aromatic rings. The van der Waals surface area contributed by atoms with Gasteiger partial charge in [-0.15, -0.1) is 0 Å². The molecule has 8 heteroatoms. The van der Waals surface area contributed by atoms with E-state index in [1.165, 1.54) is 11.1 Å². The fourth-order valence-corrected chi connectivity index (χ4v) is 4.05. The maximum atomic E-state index is 5.43. The van der Waals surface area contributed by atoms with Crippen molar-refractivity contribution in [2.45, 2.75) is 6.42 Å². The van der Waals surface area contributed by atoms with Gasteiger partial charge in [0, 0.05) is 22.7 Å². The number of methoxy groups -OCH3 is 2. The fraction of sp³-hybridized carbons (Fsp3) is 0.103. The lowest BCUT2D eigenvalue weighted by molar-refractivity contribution is 0.415. The van der Waals surface area contributed by atoms with Crippen LogP contribution in [0.3, 0.4) is 0 Å². The van der Waals surface area contributed by atoms with Gasteiger partial charge < -0.3 is 30.7 Å². The van der Waals surface area contributed by atoms with Gasteiger partial charge in [0.1, 0.15) is 11.5 Å². The lowest BCUT2D eigenvalue weighted by Gasteiger charge is -2.12. The molecule has 188 valence electrons. The molecule has 37 heavy (non-hydrogen) atoms. The van der Waals surface area contributed by atoms with Gasteiger partial charge in [0.25, 0.3) is 0 Å². The summed E-state index contributed by atoms with van der Waals surface area (Å²) in [5.74, 6) is 1.60. The standard InChI is InChI=1S/C29H28N4O2S2/c1-34-26-15-11-24(12-16-26)32-28(36)30-22-7-3-20(4-8-22)19-21-5-9-23(10-6-21)31-29(37)33-25-13-17-27(35-2)18-14-25/h3-18H,19H2,1-2H3,(H2,30,32,36)(H2,31,33,37). The molecule has 0 saturated heterocycles. The number of hydrogen-bond acceptors (Lipinski definition) is 4. The summed E-state index contributed by atoms with van der Waals surface area (Å²) < 4.78 is 10.4. The van der Waals surface area contributed by atoms with Gasteiger partial charge in [-0.2, -0.15) is 0 Å². The molecule has 4 N–H and O–H groups in total. The van der Waals surface area contributed by atoms with E-state index < -0.39 is 0 Å². The van der Waals surface area contributed by atoms with Crippen molar-refractivity contribution in [3.05, 3.63) is 108 Å². The molecule has 0 atom stereocenters. The molecule has 0 saturated carbocycles. The SMILES string of the molecule is COc1ccc(NC(=S)Nc2ccc(Cc3ccc(NC(=S)Nc4ccc(OC)cc4)cc3)cc2)cc1. The molecular weight excluding hydrogens is 500 g/mol. The van der Waals surface area contributed by atoms with E-state index in [-0.39, 0.29) is 0 Å². The van der Waals surface area contributed by atoms with Crippen LogP contribution < -0.4 is 30.7 Å².